The van der Waals surface area contributed by atoms with E-state index in [-0.39, 0.29) is 0 Å². The van der Waals surface area contributed by atoms with E-state index in [2.05, 4.69) is 10.3 Å². The Morgan fingerprint density at radius 2 is 1.67 bits per heavy atom. The van der Waals surface area contributed by atoms with Gasteiger partial charge in [-0.2, -0.15) is 13.2 Å². The minimum Gasteiger partial charge on any atom is -0.388 e. The summed E-state index contributed by atoms with van der Waals surface area (Å²) in [5, 5.41) is 2.95. The summed E-state index contributed by atoms with van der Waals surface area (Å²) in [5.74, 6) is 0. The van der Waals surface area contributed by atoms with Crippen LogP contribution in [0.4, 0.5) is 18.9 Å². The number of hydrogen-bond donors (Lipinski definition) is 1. The van der Waals surface area contributed by atoms with E-state index in [4.69, 9.17) is 0 Å². The topological polar surface area (TPSA) is 24.9 Å². The molecule has 5 heteroatoms. The normalized spacial score (nSPS) is 11.3. The Hall–Kier alpha value is -2.04. The van der Waals surface area contributed by atoms with E-state index in [9.17, 15) is 13.2 Å². The zero-order chi connectivity index (χ0) is 13.2. The van der Waals surface area contributed by atoms with Crippen LogP contribution < -0.4 is 5.32 Å². The van der Waals surface area contributed by atoms with Crippen LogP contribution in [0.1, 0.15) is 5.69 Å². The molecule has 1 aromatic heterocycles. The average molecular weight is 252 g/mol. The van der Waals surface area contributed by atoms with E-state index in [1.807, 2.05) is 12.1 Å². The first kappa shape index (κ1) is 12.4. The molecule has 0 amide bonds. The fourth-order valence-electron chi connectivity index (χ4n) is 1.59. The average Bonchev–Trinajstić information content (AvgIpc) is 2.38. The van der Waals surface area contributed by atoms with Crippen molar-refractivity contribution in [2.45, 2.75) is 6.18 Å². The Bertz CT molecular complexity index is 533. The predicted octanol–water partition coefficient (Wildman–Crippen LogP) is 3.81. The molecule has 0 fully saturated rings. The number of halogens is 3. The Balaban J connectivity index is 2.38. The third kappa shape index (κ3) is 2.61. The lowest BCUT2D eigenvalue weighted by Crippen LogP contribution is -2.07. The molecule has 1 aromatic carbocycles. The highest BCUT2D eigenvalue weighted by Crippen LogP contribution is 2.30. The molecular weight excluding hydrogens is 241 g/mol. The monoisotopic (exact) mass is 252 g/mol. The van der Waals surface area contributed by atoms with Crippen molar-refractivity contribution in [3.8, 4) is 11.1 Å². The number of hydrogen-bond acceptors (Lipinski definition) is 2. The molecule has 1 heterocycles. The summed E-state index contributed by atoms with van der Waals surface area (Å²) >= 11 is 0. The summed E-state index contributed by atoms with van der Waals surface area (Å²) in [4.78, 5) is 3.33. The second-order valence-electron chi connectivity index (χ2n) is 3.75. The molecule has 0 saturated carbocycles. The van der Waals surface area contributed by atoms with Crippen molar-refractivity contribution in [2.75, 3.05) is 12.4 Å². The highest BCUT2D eigenvalue weighted by Gasteiger charge is 2.32. The molecule has 0 atom stereocenters. The van der Waals surface area contributed by atoms with E-state index < -0.39 is 11.9 Å². The minimum atomic E-state index is -4.42. The van der Waals surface area contributed by atoms with E-state index in [0.717, 1.165) is 17.3 Å². The van der Waals surface area contributed by atoms with Crippen LogP contribution in [0.3, 0.4) is 0 Å². The minimum absolute atomic E-state index is 0.500. The maximum absolute atomic E-state index is 12.5. The molecule has 0 aliphatic rings. The number of alkyl halides is 3. The molecule has 0 aliphatic carbocycles. The van der Waals surface area contributed by atoms with Crippen LogP contribution in [0.15, 0.2) is 42.6 Å². The first-order chi connectivity index (χ1) is 8.50. The van der Waals surface area contributed by atoms with Crippen LogP contribution in [-0.2, 0) is 6.18 Å². The largest absolute Gasteiger partial charge is 0.433 e. The molecule has 0 spiro atoms. The summed E-state index contributed by atoms with van der Waals surface area (Å²) in [7, 11) is 1.78. The number of aromatic nitrogens is 1. The number of rotatable bonds is 2. The van der Waals surface area contributed by atoms with Gasteiger partial charge in [-0.1, -0.05) is 12.1 Å². The van der Waals surface area contributed by atoms with Crippen LogP contribution in [0.25, 0.3) is 11.1 Å². The van der Waals surface area contributed by atoms with Crippen LogP contribution in [0.5, 0.6) is 0 Å². The Morgan fingerprint density at radius 3 is 2.22 bits per heavy atom. The molecule has 94 valence electrons. The van der Waals surface area contributed by atoms with Crippen molar-refractivity contribution in [3.63, 3.8) is 0 Å². The second-order valence-corrected chi connectivity index (χ2v) is 3.75. The zero-order valence-corrected chi connectivity index (χ0v) is 9.62. The Labute approximate surface area is 102 Å². The van der Waals surface area contributed by atoms with Crippen LogP contribution >= 0.6 is 0 Å². The zero-order valence-electron chi connectivity index (χ0n) is 9.62. The number of anilines is 1. The maximum Gasteiger partial charge on any atom is 0.433 e. The molecule has 0 radical (unpaired) electrons. The van der Waals surface area contributed by atoms with Gasteiger partial charge in [0.2, 0.25) is 0 Å². The lowest BCUT2D eigenvalue weighted by atomic mass is 10.1. The number of nitrogens with zero attached hydrogens (tertiary/aromatic N) is 1. The van der Waals surface area contributed by atoms with Crippen molar-refractivity contribution < 1.29 is 13.2 Å². The van der Waals surface area contributed by atoms with Crippen molar-refractivity contribution in [3.05, 3.63) is 48.3 Å². The highest BCUT2D eigenvalue weighted by molar-refractivity contribution is 5.66. The summed E-state index contributed by atoms with van der Waals surface area (Å²) in [6.45, 7) is 0. The quantitative estimate of drug-likeness (QED) is 0.879. The van der Waals surface area contributed by atoms with Gasteiger partial charge in [0.05, 0.1) is 0 Å². The van der Waals surface area contributed by atoms with Crippen molar-refractivity contribution >= 4 is 5.69 Å². The van der Waals surface area contributed by atoms with E-state index in [1.165, 1.54) is 6.20 Å². The molecule has 0 aliphatic heterocycles. The fourth-order valence-corrected chi connectivity index (χ4v) is 1.59. The van der Waals surface area contributed by atoms with Gasteiger partial charge in [-0.15, -0.1) is 0 Å². The van der Waals surface area contributed by atoms with Crippen LogP contribution in [0.2, 0.25) is 0 Å². The molecule has 0 saturated heterocycles. The Morgan fingerprint density at radius 1 is 1.00 bits per heavy atom. The molecule has 18 heavy (non-hydrogen) atoms. The van der Waals surface area contributed by atoms with E-state index in [0.29, 0.717) is 5.56 Å². The first-order valence-electron chi connectivity index (χ1n) is 5.32. The summed E-state index contributed by atoms with van der Waals surface area (Å²) in [6, 6.07) is 9.76. The fraction of sp³-hybridized carbons (Fsp3) is 0.154. The van der Waals surface area contributed by atoms with Gasteiger partial charge in [0, 0.05) is 18.9 Å². The number of nitrogens with one attached hydrogen (secondary N) is 1. The third-order valence-electron chi connectivity index (χ3n) is 2.56. The van der Waals surface area contributed by atoms with Crippen molar-refractivity contribution in [2.24, 2.45) is 0 Å². The third-order valence-corrected chi connectivity index (χ3v) is 2.56. The molecule has 2 nitrogen and oxygen atoms in total. The maximum atomic E-state index is 12.5. The van der Waals surface area contributed by atoms with Gasteiger partial charge >= 0.3 is 6.18 Å². The molecular formula is C13H11F3N2. The van der Waals surface area contributed by atoms with E-state index >= 15 is 0 Å². The lowest BCUT2D eigenvalue weighted by Gasteiger charge is -2.08. The van der Waals surface area contributed by atoms with Gasteiger partial charge in [-0.25, -0.2) is 0 Å². The summed E-state index contributed by atoms with van der Waals surface area (Å²) in [6.07, 6.45) is -3.24. The second kappa shape index (κ2) is 4.68. The number of benzene rings is 1. The van der Waals surface area contributed by atoms with Gasteiger partial charge < -0.3 is 5.32 Å². The van der Waals surface area contributed by atoms with E-state index in [1.54, 1.807) is 25.2 Å². The predicted molar refractivity (Wildman–Crippen MR) is 64.2 cm³/mol. The molecule has 2 rings (SSSR count). The van der Waals surface area contributed by atoms with Gasteiger partial charge in [-0.3, -0.25) is 4.98 Å². The smallest absolute Gasteiger partial charge is 0.388 e. The van der Waals surface area contributed by atoms with Gasteiger partial charge in [0.25, 0.3) is 0 Å². The van der Waals surface area contributed by atoms with Gasteiger partial charge in [-0.05, 0) is 35.4 Å². The SMILES string of the molecule is CNc1ccc(-c2ccnc(C(F)(F)F)c2)cc1. The molecule has 0 unspecified atom stereocenters. The van der Waals surface area contributed by atoms with Crippen LogP contribution in [0, 0.1) is 0 Å². The molecule has 2 aromatic rings. The van der Waals surface area contributed by atoms with Crippen LogP contribution in [-0.4, -0.2) is 12.0 Å². The summed E-state index contributed by atoms with van der Waals surface area (Å²) in [5.41, 5.74) is 1.25. The standard InChI is InChI=1S/C13H11F3N2/c1-17-11-4-2-9(3-5-11)10-6-7-18-12(8-10)13(14,15)16/h2-8,17H,1H3. The highest BCUT2D eigenvalue weighted by atomic mass is 19.4. The van der Waals surface area contributed by atoms with Crippen molar-refractivity contribution in [1.82, 2.24) is 4.98 Å². The van der Waals surface area contributed by atoms with Gasteiger partial charge in [0.1, 0.15) is 5.69 Å². The van der Waals surface area contributed by atoms with Crippen molar-refractivity contribution in [1.29, 1.82) is 0 Å². The summed E-state index contributed by atoms with van der Waals surface area (Å²) < 4.78 is 37.6. The first-order valence-corrected chi connectivity index (χ1v) is 5.32. The molecule has 1 N–H and O–H groups in total. The molecule has 0 bridgehead atoms. The number of pyridine rings is 1. The Kier molecular flexibility index (Phi) is 3.23. The lowest BCUT2D eigenvalue weighted by molar-refractivity contribution is -0.141. The van der Waals surface area contributed by atoms with Gasteiger partial charge in [0.15, 0.2) is 0 Å².